The summed E-state index contributed by atoms with van der Waals surface area (Å²) in [7, 11) is 0. The summed E-state index contributed by atoms with van der Waals surface area (Å²) in [5.41, 5.74) is 2.76. The number of halogens is 2. The second-order valence-corrected chi connectivity index (χ2v) is 7.31. The van der Waals surface area contributed by atoms with Crippen molar-refractivity contribution < 1.29 is 5.11 Å². The van der Waals surface area contributed by atoms with E-state index in [1.807, 2.05) is 18.2 Å². The van der Waals surface area contributed by atoms with Gasteiger partial charge in [-0.15, -0.1) is 11.3 Å². The molecule has 1 unspecified atom stereocenters. The van der Waals surface area contributed by atoms with Gasteiger partial charge in [-0.1, -0.05) is 61.3 Å². The van der Waals surface area contributed by atoms with Crippen molar-refractivity contribution in [2.45, 2.75) is 26.4 Å². The lowest BCUT2D eigenvalue weighted by Gasteiger charge is -2.12. The lowest BCUT2D eigenvalue weighted by atomic mass is 9.97. The van der Waals surface area contributed by atoms with Crippen LogP contribution in [-0.2, 0) is 6.42 Å². The molecule has 1 N–H and O–H groups in total. The van der Waals surface area contributed by atoms with Crippen molar-refractivity contribution in [3.63, 3.8) is 0 Å². The zero-order chi connectivity index (χ0) is 14.0. The molecule has 0 bridgehead atoms. The van der Waals surface area contributed by atoms with Gasteiger partial charge in [-0.05, 0) is 29.5 Å². The highest BCUT2D eigenvalue weighted by Crippen LogP contribution is 2.37. The van der Waals surface area contributed by atoms with Crippen LogP contribution in [0.1, 0.15) is 36.6 Å². The first kappa shape index (κ1) is 14.9. The van der Waals surface area contributed by atoms with E-state index in [9.17, 15) is 5.11 Å². The number of rotatable bonds is 4. The first-order valence-corrected chi connectivity index (χ1v) is 7.76. The topological polar surface area (TPSA) is 20.2 Å². The Labute approximate surface area is 127 Å². The molecule has 0 saturated heterocycles. The van der Waals surface area contributed by atoms with Gasteiger partial charge in [0.15, 0.2) is 0 Å². The van der Waals surface area contributed by atoms with E-state index >= 15 is 0 Å². The van der Waals surface area contributed by atoms with Gasteiger partial charge in [-0.2, -0.15) is 0 Å². The third kappa shape index (κ3) is 3.73. The van der Waals surface area contributed by atoms with Crippen molar-refractivity contribution >= 4 is 34.5 Å². The molecular weight excluding hydrogens is 299 g/mol. The van der Waals surface area contributed by atoms with E-state index in [0.717, 1.165) is 12.0 Å². The number of benzene rings is 1. The van der Waals surface area contributed by atoms with Crippen LogP contribution < -0.4 is 0 Å². The average Bonchev–Trinajstić information content (AvgIpc) is 2.67. The molecule has 0 saturated carbocycles. The van der Waals surface area contributed by atoms with Crippen LogP contribution in [0.25, 0.3) is 0 Å². The summed E-state index contributed by atoms with van der Waals surface area (Å²) >= 11 is 13.3. The molecule has 1 aromatic carbocycles. The summed E-state index contributed by atoms with van der Waals surface area (Å²) in [6.45, 7) is 4.36. The molecule has 4 heteroatoms. The van der Waals surface area contributed by atoms with Crippen molar-refractivity contribution in [1.82, 2.24) is 0 Å². The molecule has 19 heavy (non-hydrogen) atoms. The highest BCUT2D eigenvalue weighted by Gasteiger charge is 2.17. The van der Waals surface area contributed by atoms with E-state index in [0.29, 0.717) is 20.2 Å². The van der Waals surface area contributed by atoms with Gasteiger partial charge in [-0.3, -0.25) is 0 Å². The Morgan fingerprint density at radius 2 is 1.95 bits per heavy atom. The van der Waals surface area contributed by atoms with Crippen LogP contribution in [0.4, 0.5) is 0 Å². The lowest BCUT2D eigenvalue weighted by molar-refractivity contribution is 0.221. The third-order valence-corrected chi connectivity index (χ3v) is 4.41. The van der Waals surface area contributed by atoms with Crippen molar-refractivity contribution in [3.8, 4) is 0 Å². The number of thiophene rings is 1. The summed E-state index contributed by atoms with van der Waals surface area (Å²) < 4.78 is 1.14. The predicted molar refractivity (Wildman–Crippen MR) is 83.4 cm³/mol. The molecule has 0 amide bonds. The van der Waals surface area contributed by atoms with Crippen LogP contribution >= 0.6 is 34.5 Å². The predicted octanol–water partition coefficient (Wildman–Crippen LogP) is 5.34. The maximum absolute atomic E-state index is 10.4. The Kier molecular flexibility index (Phi) is 4.91. The minimum atomic E-state index is -0.719. The second-order valence-electron chi connectivity index (χ2n) is 5.03. The summed E-state index contributed by atoms with van der Waals surface area (Å²) in [5.74, 6) is 0.589. The van der Waals surface area contributed by atoms with Crippen LogP contribution in [0.5, 0.6) is 0 Å². The Balaban J connectivity index is 2.28. The van der Waals surface area contributed by atoms with E-state index in [2.05, 4.69) is 19.9 Å². The van der Waals surface area contributed by atoms with Gasteiger partial charge in [0.2, 0.25) is 0 Å². The highest BCUT2D eigenvalue weighted by atomic mass is 35.5. The van der Waals surface area contributed by atoms with E-state index in [1.165, 1.54) is 16.9 Å². The molecule has 0 spiro atoms. The van der Waals surface area contributed by atoms with Gasteiger partial charge in [-0.25, -0.2) is 0 Å². The number of hydrogen-bond donors (Lipinski definition) is 1. The summed E-state index contributed by atoms with van der Waals surface area (Å²) in [4.78, 5) is 0. The lowest BCUT2D eigenvalue weighted by Crippen LogP contribution is -2.01. The smallest absolute Gasteiger partial charge is 0.106 e. The largest absolute Gasteiger partial charge is 0.384 e. The highest BCUT2D eigenvalue weighted by molar-refractivity contribution is 7.20. The molecule has 0 radical (unpaired) electrons. The van der Waals surface area contributed by atoms with Gasteiger partial charge in [0.25, 0.3) is 0 Å². The first-order valence-electron chi connectivity index (χ1n) is 6.19. The standard InChI is InChI=1S/C15H16Cl2OS/c1-9(2)6-10-4-3-5-11(7-10)14(18)12-8-13(16)19-15(12)17/h3-5,7-9,14,18H,6H2,1-2H3. The first-order chi connectivity index (χ1) is 8.97. The minimum absolute atomic E-state index is 0.548. The summed E-state index contributed by atoms with van der Waals surface area (Å²) in [5, 5.41) is 10.4. The van der Waals surface area contributed by atoms with E-state index in [-0.39, 0.29) is 0 Å². The Morgan fingerprint density at radius 1 is 1.21 bits per heavy atom. The van der Waals surface area contributed by atoms with Crippen LogP contribution in [0.15, 0.2) is 30.3 Å². The quantitative estimate of drug-likeness (QED) is 0.808. The molecule has 102 valence electrons. The molecule has 1 aromatic heterocycles. The van der Waals surface area contributed by atoms with Crippen LogP contribution in [-0.4, -0.2) is 5.11 Å². The Bertz CT molecular complexity index is 563. The maximum Gasteiger partial charge on any atom is 0.106 e. The summed E-state index contributed by atoms with van der Waals surface area (Å²) in [6.07, 6.45) is 0.280. The van der Waals surface area contributed by atoms with Crippen molar-refractivity contribution in [2.24, 2.45) is 5.92 Å². The number of hydrogen-bond acceptors (Lipinski definition) is 2. The van der Waals surface area contributed by atoms with Gasteiger partial charge in [0.05, 0.1) is 4.34 Å². The fraction of sp³-hybridized carbons (Fsp3) is 0.333. The molecular formula is C15H16Cl2OS. The van der Waals surface area contributed by atoms with Gasteiger partial charge < -0.3 is 5.11 Å². The minimum Gasteiger partial charge on any atom is -0.384 e. The van der Waals surface area contributed by atoms with Crippen LogP contribution in [0, 0.1) is 5.92 Å². The molecule has 1 heterocycles. The Morgan fingerprint density at radius 3 is 2.53 bits per heavy atom. The fourth-order valence-corrected chi connectivity index (χ4v) is 3.60. The SMILES string of the molecule is CC(C)Cc1cccc(C(O)c2cc(Cl)sc2Cl)c1. The monoisotopic (exact) mass is 314 g/mol. The normalized spacial score (nSPS) is 12.9. The Hall–Kier alpha value is -0.540. The van der Waals surface area contributed by atoms with Gasteiger partial charge in [0, 0.05) is 5.56 Å². The molecule has 1 nitrogen and oxygen atoms in total. The molecule has 0 aliphatic rings. The van der Waals surface area contributed by atoms with Crippen molar-refractivity contribution in [1.29, 1.82) is 0 Å². The molecule has 0 fully saturated rings. The second kappa shape index (κ2) is 6.27. The molecule has 0 aliphatic carbocycles. The maximum atomic E-state index is 10.4. The third-order valence-electron chi connectivity index (χ3n) is 2.89. The summed E-state index contributed by atoms with van der Waals surface area (Å²) in [6, 6.07) is 9.73. The van der Waals surface area contributed by atoms with Crippen molar-refractivity contribution in [2.75, 3.05) is 0 Å². The molecule has 2 aromatic rings. The number of aliphatic hydroxyl groups is 1. The zero-order valence-electron chi connectivity index (χ0n) is 10.9. The van der Waals surface area contributed by atoms with E-state index in [1.54, 1.807) is 6.07 Å². The van der Waals surface area contributed by atoms with Crippen LogP contribution in [0.3, 0.4) is 0 Å². The van der Waals surface area contributed by atoms with E-state index in [4.69, 9.17) is 23.2 Å². The van der Waals surface area contributed by atoms with Gasteiger partial charge >= 0.3 is 0 Å². The fourth-order valence-electron chi connectivity index (χ4n) is 2.08. The molecule has 2 rings (SSSR count). The molecule has 0 aliphatic heterocycles. The molecule has 1 atom stereocenters. The zero-order valence-corrected chi connectivity index (χ0v) is 13.2. The number of aliphatic hydroxyl groups excluding tert-OH is 1. The van der Waals surface area contributed by atoms with Gasteiger partial charge in [0.1, 0.15) is 10.4 Å². The van der Waals surface area contributed by atoms with E-state index < -0.39 is 6.10 Å². The average molecular weight is 315 g/mol. The van der Waals surface area contributed by atoms with Crippen LogP contribution in [0.2, 0.25) is 8.67 Å². The van der Waals surface area contributed by atoms with Crippen molar-refractivity contribution in [3.05, 3.63) is 55.7 Å².